The number of rotatable bonds is 7. The number of amides is 1. The number of benzene rings is 1. The Morgan fingerprint density at radius 3 is 2.53 bits per heavy atom. The standard InChI is InChI=1S/C22H21F3N6O/c1-4-11-30(13-17-7-5-16(12-26)6-8-17)19(32)10-9-18-14(2)27-21-28-20(22(23,24)25)29-31(21)15(18)3/h4-8H,1,9-11,13H2,2-3H3. The molecule has 0 spiro atoms. The van der Waals surface area contributed by atoms with Gasteiger partial charge in [-0.3, -0.25) is 4.79 Å². The highest BCUT2D eigenvalue weighted by atomic mass is 19.4. The maximum atomic E-state index is 13.0. The number of fused-ring (bicyclic) bond motifs is 1. The summed E-state index contributed by atoms with van der Waals surface area (Å²) in [6, 6.07) is 9.00. The van der Waals surface area contributed by atoms with Crippen LogP contribution >= 0.6 is 0 Å². The Balaban J connectivity index is 1.78. The second-order valence-corrected chi connectivity index (χ2v) is 7.28. The van der Waals surface area contributed by atoms with Crippen molar-refractivity contribution in [1.82, 2.24) is 24.5 Å². The normalized spacial score (nSPS) is 11.4. The molecule has 0 saturated carbocycles. The van der Waals surface area contributed by atoms with Crippen LogP contribution in [0.1, 0.15) is 40.3 Å². The van der Waals surface area contributed by atoms with E-state index in [0.717, 1.165) is 10.1 Å². The fourth-order valence-corrected chi connectivity index (χ4v) is 3.40. The highest BCUT2D eigenvalue weighted by Gasteiger charge is 2.37. The monoisotopic (exact) mass is 442 g/mol. The molecule has 3 aromatic rings. The van der Waals surface area contributed by atoms with Crippen molar-refractivity contribution >= 4 is 11.7 Å². The highest BCUT2D eigenvalue weighted by Crippen LogP contribution is 2.27. The van der Waals surface area contributed by atoms with Crippen LogP contribution in [-0.2, 0) is 23.9 Å². The van der Waals surface area contributed by atoms with Gasteiger partial charge in [0.05, 0.1) is 11.6 Å². The number of carbonyl (C=O) groups excluding carboxylic acids is 1. The van der Waals surface area contributed by atoms with Gasteiger partial charge in [0.25, 0.3) is 11.6 Å². The van der Waals surface area contributed by atoms with Crippen molar-refractivity contribution in [3.8, 4) is 6.07 Å². The third kappa shape index (κ3) is 4.94. The summed E-state index contributed by atoms with van der Waals surface area (Å²) in [5, 5.41) is 12.4. The first-order chi connectivity index (χ1) is 15.1. The lowest BCUT2D eigenvalue weighted by atomic mass is 10.1. The smallest absolute Gasteiger partial charge is 0.335 e. The van der Waals surface area contributed by atoms with Gasteiger partial charge in [-0.1, -0.05) is 18.2 Å². The Morgan fingerprint density at radius 1 is 1.25 bits per heavy atom. The summed E-state index contributed by atoms with van der Waals surface area (Å²) in [4.78, 5) is 22.1. The first-order valence-corrected chi connectivity index (χ1v) is 9.81. The van der Waals surface area contributed by atoms with E-state index in [9.17, 15) is 18.0 Å². The Kier molecular flexibility index (Phi) is 6.58. The zero-order valence-corrected chi connectivity index (χ0v) is 17.6. The number of aromatic nitrogens is 4. The molecular formula is C22H21F3N6O. The predicted octanol–water partition coefficient (Wildman–Crippen LogP) is 3.78. The van der Waals surface area contributed by atoms with E-state index in [-0.39, 0.29) is 18.1 Å². The summed E-state index contributed by atoms with van der Waals surface area (Å²) in [6.45, 7) is 7.69. The quantitative estimate of drug-likeness (QED) is 0.520. The van der Waals surface area contributed by atoms with Crippen molar-refractivity contribution in [2.24, 2.45) is 0 Å². The summed E-state index contributed by atoms with van der Waals surface area (Å²) < 4.78 is 39.9. The van der Waals surface area contributed by atoms with Gasteiger partial charge >= 0.3 is 6.18 Å². The van der Waals surface area contributed by atoms with E-state index in [1.807, 2.05) is 0 Å². The largest absolute Gasteiger partial charge is 0.453 e. The first kappa shape index (κ1) is 22.9. The van der Waals surface area contributed by atoms with Gasteiger partial charge in [0.1, 0.15) is 0 Å². The van der Waals surface area contributed by atoms with E-state index < -0.39 is 12.0 Å². The van der Waals surface area contributed by atoms with Gasteiger partial charge in [-0.2, -0.15) is 23.4 Å². The van der Waals surface area contributed by atoms with Crippen LogP contribution in [-0.4, -0.2) is 36.9 Å². The molecule has 0 aliphatic carbocycles. The van der Waals surface area contributed by atoms with E-state index in [4.69, 9.17) is 5.26 Å². The van der Waals surface area contributed by atoms with Crippen LogP contribution in [0.4, 0.5) is 13.2 Å². The lowest BCUT2D eigenvalue weighted by Crippen LogP contribution is -2.31. The van der Waals surface area contributed by atoms with Gasteiger partial charge < -0.3 is 4.90 Å². The molecule has 0 fully saturated rings. The van der Waals surface area contributed by atoms with Gasteiger partial charge in [0, 0.05) is 30.9 Å². The van der Waals surface area contributed by atoms with E-state index in [1.165, 1.54) is 0 Å². The Morgan fingerprint density at radius 2 is 1.94 bits per heavy atom. The molecule has 1 amide bonds. The molecule has 0 radical (unpaired) electrons. The molecule has 0 unspecified atom stereocenters. The number of aryl methyl sites for hydroxylation is 2. The summed E-state index contributed by atoms with van der Waals surface area (Å²) in [7, 11) is 0. The van der Waals surface area contributed by atoms with Gasteiger partial charge in [0.15, 0.2) is 0 Å². The Bertz CT molecular complexity index is 1190. The van der Waals surface area contributed by atoms with Crippen LogP contribution in [0.25, 0.3) is 5.78 Å². The molecule has 0 aliphatic rings. The molecule has 0 aliphatic heterocycles. The SMILES string of the molecule is C=CCN(Cc1ccc(C#N)cc1)C(=O)CCc1c(C)nc2nc(C(F)(F)F)nn2c1C. The fourth-order valence-electron chi connectivity index (χ4n) is 3.40. The molecule has 0 bridgehead atoms. The molecule has 166 valence electrons. The number of nitriles is 1. The van der Waals surface area contributed by atoms with Crippen molar-refractivity contribution in [3.63, 3.8) is 0 Å². The van der Waals surface area contributed by atoms with Gasteiger partial charge in [-0.25, -0.2) is 9.50 Å². The lowest BCUT2D eigenvalue weighted by Gasteiger charge is -2.22. The van der Waals surface area contributed by atoms with Crippen LogP contribution in [0.3, 0.4) is 0 Å². The third-order valence-corrected chi connectivity index (χ3v) is 5.05. The van der Waals surface area contributed by atoms with Crippen LogP contribution < -0.4 is 0 Å². The maximum Gasteiger partial charge on any atom is 0.453 e. The molecular weight excluding hydrogens is 421 g/mol. The van der Waals surface area contributed by atoms with Crippen LogP contribution in [0.15, 0.2) is 36.9 Å². The Hall–Kier alpha value is -3.74. The summed E-state index contributed by atoms with van der Waals surface area (Å²) in [5.74, 6) is -1.51. The minimum Gasteiger partial charge on any atom is -0.335 e. The molecule has 7 nitrogen and oxygen atoms in total. The van der Waals surface area contributed by atoms with Crippen molar-refractivity contribution < 1.29 is 18.0 Å². The molecule has 3 rings (SSSR count). The van der Waals surface area contributed by atoms with Crippen molar-refractivity contribution in [1.29, 1.82) is 5.26 Å². The zero-order chi connectivity index (χ0) is 23.5. The zero-order valence-electron chi connectivity index (χ0n) is 17.6. The van der Waals surface area contributed by atoms with Gasteiger partial charge in [-0.05, 0) is 43.5 Å². The summed E-state index contributed by atoms with van der Waals surface area (Å²) in [5.41, 5.74) is 3.03. The number of carbonyl (C=O) groups is 1. The molecule has 0 atom stereocenters. The molecule has 2 heterocycles. The molecule has 0 N–H and O–H groups in total. The van der Waals surface area contributed by atoms with E-state index in [1.54, 1.807) is 49.1 Å². The molecule has 10 heteroatoms. The number of nitrogens with zero attached hydrogens (tertiary/aromatic N) is 6. The predicted molar refractivity (Wildman–Crippen MR) is 110 cm³/mol. The van der Waals surface area contributed by atoms with E-state index >= 15 is 0 Å². The van der Waals surface area contributed by atoms with Crippen LogP contribution in [0.2, 0.25) is 0 Å². The van der Waals surface area contributed by atoms with Gasteiger partial charge in [-0.15, -0.1) is 11.7 Å². The minimum atomic E-state index is -4.67. The van der Waals surface area contributed by atoms with Crippen molar-refractivity contribution in [3.05, 3.63) is 70.8 Å². The number of halogens is 3. The number of alkyl halides is 3. The third-order valence-electron chi connectivity index (χ3n) is 5.05. The maximum absolute atomic E-state index is 13.0. The summed E-state index contributed by atoms with van der Waals surface area (Å²) >= 11 is 0. The second kappa shape index (κ2) is 9.18. The topological polar surface area (TPSA) is 87.2 Å². The van der Waals surface area contributed by atoms with Crippen molar-refractivity contribution in [2.75, 3.05) is 6.54 Å². The second-order valence-electron chi connectivity index (χ2n) is 7.28. The first-order valence-electron chi connectivity index (χ1n) is 9.81. The van der Waals surface area contributed by atoms with E-state index in [2.05, 4.69) is 27.7 Å². The van der Waals surface area contributed by atoms with Crippen molar-refractivity contribution in [2.45, 2.75) is 39.4 Å². The number of hydrogen-bond acceptors (Lipinski definition) is 5. The average Bonchev–Trinajstić information content (AvgIpc) is 3.18. The number of hydrogen-bond donors (Lipinski definition) is 0. The average molecular weight is 442 g/mol. The lowest BCUT2D eigenvalue weighted by molar-refractivity contribution is -0.144. The summed E-state index contributed by atoms with van der Waals surface area (Å²) in [6.07, 6.45) is -2.61. The van der Waals surface area contributed by atoms with Crippen LogP contribution in [0, 0.1) is 25.2 Å². The molecule has 2 aromatic heterocycles. The van der Waals surface area contributed by atoms with Gasteiger partial charge in [0.2, 0.25) is 5.91 Å². The molecule has 0 saturated heterocycles. The van der Waals surface area contributed by atoms with Crippen LogP contribution in [0.5, 0.6) is 0 Å². The molecule has 32 heavy (non-hydrogen) atoms. The highest BCUT2D eigenvalue weighted by molar-refractivity contribution is 5.76. The Labute approximate surface area is 182 Å². The molecule has 1 aromatic carbocycles. The van der Waals surface area contributed by atoms with E-state index in [0.29, 0.717) is 42.0 Å². The fraction of sp³-hybridized carbons (Fsp3) is 0.318. The minimum absolute atomic E-state index is 0.128.